The summed E-state index contributed by atoms with van der Waals surface area (Å²) in [6.07, 6.45) is 3.54. The van der Waals surface area contributed by atoms with Crippen LogP contribution in [0.3, 0.4) is 0 Å². The number of imidazole rings is 1. The summed E-state index contributed by atoms with van der Waals surface area (Å²) in [5.74, 6) is 2.37. The molecule has 0 spiro atoms. The molecule has 0 saturated heterocycles. The second-order valence-electron chi connectivity index (χ2n) is 6.80. The third kappa shape index (κ3) is 1.81. The van der Waals surface area contributed by atoms with Crippen LogP contribution in [-0.4, -0.2) is 4.57 Å². The molecule has 3 heteroatoms. The molecule has 0 N–H and O–H groups in total. The van der Waals surface area contributed by atoms with Crippen molar-refractivity contribution < 1.29 is 9.30 Å². The Balaban J connectivity index is 1.85. The Kier molecular flexibility index (Phi) is 2.75. The summed E-state index contributed by atoms with van der Waals surface area (Å²) in [5, 5.41) is 2.32. The zero-order valence-corrected chi connectivity index (χ0v) is 13.8. The smallest absolute Gasteiger partial charge is 0.244 e. The molecule has 3 aromatic carbocycles. The van der Waals surface area contributed by atoms with E-state index in [1.54, 1.807) is 0 Å². The molecule has 0 saturated carbocycles. The van der Waals surface area contributed by atoms with Gasteiger partial charge in [-0.15, -0.1) is 0 Å². The van der Waals surface area contributed by atoms with E-state index in [1.165, 1.54) is 10.9 Å². The monoisotopic (exact) mass is 314 g/mol. The van der Waals surface area contributed by atoms with E-state index >= 15 is 0 Å². The van der Waals surface area contributed by atoms with Crippen LogP contribution in [0.2, 0.25) is 0 Å². The van der Waals surface area contributed by atoms with Gasteiger partial charge in [0.15, 0.2) is 0 Å². The minimum absolute atomic E-state index is 0.562. The van der Waals surface area contributed by atoms with Crippen molar-refractivity contribution in [2.24, 2.45) is 5.92 Å². The van der Waals surface area contributed by atoms with Crippen LogP contribution in [0.25, 0.3) is 27.5 Å². The van der Waals surface area contributed by atoms with E-state index in [4.69, 9.17) is 4.74 Å². The first kappa shape index (κ1) is 13.6. The van der Waals surface area contributed by atoms with Gasteiger partial charge < -0.3 is 13.9 Å². The van der Waals surface area contributed by atoms with E-state index in [0.717, 1.165) is 34.6 Å². The van der Waals surface area contributed by atoms with Crippen LogP contribution in [0.15, 0.2) is 54.6 Å². The first-order chi connectivity index (χ1) is 11.7. The highest BCUT2D eigenvalue weighted by Gasteiger charge is 2.23. The van der Waals surface area contributed by atoms with Crippen molar-refractivity contribution in [2.45, 2.75) is 20.4 Å². The minimum Gasteiger partial charge on any atom is -0.468 e. The number of rotatable bonds is 2. The van der Waals surface area contributed by atoms with Crippen LogP contribution < -0.4 is 9.30 Å². The van der Waals surface area contributed by atoms with Crippen LogP contribution in [0, 0.1) is 12.2 Å². The zero-order valence-electron chi connectivity index (χ0n) is 13.8. The van der Waals surface area contributed by atoms with Crippen molar-refractivity contribution in [1.82, 2.24) is 4.57 Å². The molecule has 4 aromatic rings. The Bertz CT molecular complexity index is 1090. The highest BCUT2D eigenvalue weighted by atomic mass is 16.5. The molecule has 0 radical (unpaired) electrons. The van der Waals surface area contributed by atoms with Gasteiger partial charge in [-0.1, -0.05) is 62.4 Å². The largest absolute Gasteiger partial charge is 0.468 e. The number of hydrogen-bond donors (Lipinski definition) is 0. The van der Waals surface area contributed by atoms with Gasteiger partial charge in [0.2, 0.25) is 6.33 Å². The van der Waals surface area contributed by atoms with Gasteiger partial charge in [-0.05, 0) is 17.4 Å². The first-order valence-corrected chi connectivity index (χ1v) is 8.39. The zero-order chi connectivity index (χ0) is 16.3. The maximum Gasteiger partial charge on any atom is 0.244 e. The number of ether oxygens (including phenoxy) is 1. The summed E-state index contributed by atoms with van der Waals surface area (Å²) in [7, 11) is 0. The van der Waals surface area contributed by atoms with E-state index in [1.807, 2.05) is 6.07 Å². The number of nitrogens with zero attached hydrogens (tertiary/aromatic N) is 2. The summed E-state index contributed by atoms with van der Waals surface area (Å²) >= 11 is 0. The lowest BCUT2D eigenvalue weighted by Gasteiger charge is -2.22. The second-order valence-corrected chi connectivity index (χ2v) is 6.80. The van der Waals surface area contributed by atoms with Gasteiger partial charge >= 0.3 is 0 Å². The molecular formula is C21H18N2O. The average molecular weight is 314 g/mol. The number of fused-ring (bicyclic) bond motifs is 4. The molecule has 1 aliphatic rings. The van der Waals surface area contributed by atoms with Gasteiger partial charge in [-0.2, -0.15) is 0 Å². The standard InChI is InChI=1S/C21H18N2O/c1-14(2)12-22-13-23-18-11-10-15-6-3-4-7-16(15)21(18)24-19-9-5-8-17(22)20(19)23/h3-11,14H,12H2,1-2H3. The van der Waals surface area contributed by atoms with Crippen LogP contribution in [-0.2, 0) is 6.54 Å². The van der Waals surface area contributed by atoms with Crippen LogP contribution in [0.1, 0.15) is 13.8 Å². The maximum atomic E-state index is 6.33. The normalized spacial score (nSPS) is 12.6. The molecule has 0 atom stereocenters. The molecule has 0 bridgehead atoms. The molecule has 0 fully saturated rings. The van der Waals surface area contributed by atoms with Crippen molar-refractivity contribution >= 4 is 21.8 Å². The Morgan fingerprint density at radius 1 is 1.04 bits per heavy atom. The lowest BCUT2D eigenvalue weighted by atomic mass is 10.1. The Morgan fingerprint density at radius 2 is 1.92 bits per heavy atom. The Hall–Kier alpha value is -2.81. The highest BCUT2D eigenvalue weighted by molar-refractivity contribution is 5.93. The van der Waals surface area contributed by atoms with Crippen molar-refractivity contribution in [2.75, 3.05) is 0 Å². The van der Waals surface area contributed by atoms with Gasteiger partial charge in [0, 0.05) is 5.39 Å². The Morgan fingerprint density at radius 3 is 2.79 bits per heavy atom. The lowest BCUT2D eigenvalue weighted by molar-refractivity contribution is -0.575. The third-order valence-corrected chi connectivity index (χ3v) is 4.57. The third-order valence-electron chi connectivity index (χ3n) is 4.57. The number of para-hydroxylation sites is 1. The molecule has 2 heterocycles. The fraction of sp³-hybridized carbons (Fsp3) is 0.190. The molecule has 24 heavy (non-hydrogen) atoms. The molecule has 5 rings (SSSR count). The summed E-state index contributed by atoms with van der Waals surface area (Å²) in [4.78, 5) is 0. The van der Waals surface area contributed by atoms with Gasteiger partial charge in [0.05, 0.1) is 23.3 Å². The van der Waals surface area contributed by atoms with Crippen LogP contribution >= 0.6 is 0 Å². The molecule has 0 aliphatic carbocycles. The van der Waals surface area contributed by atoms with Crippen molar-refractivity contribution in [3.63, 3.8) is 0 Å². The molecule has 0 amide bonds. The van der Waals surface area contributed by atoms with Crippen LogP contribution in [0.5, 0.6) is 11.5 Å². The maximum absolute atomic E-state index is 6.33. The molecule has 3 nitrogen and oxygen atoms in total. The van der Waals surface area contributed by atoms with E-state index in [-0.39, 0.29) is 0 Å². The quantitative estimate of drug-likeness (QED) is 0.343. The predicted molar refractivity (Wildman–Crippen MR) is 94.7 cm³/mol. The number of hydrogen-bond acceptors (Lipinski definition) is 1. The first-order valence-electron chi connectivity index (χ1n) is 8.39. The minimum atomic E-state index is 0.562. The van der Waals surface area contributed by atoms with E-state index in [0.29, 0.717) is 5.92 Å². The van der Waals surface area contributed by atoms with Gasteiger partial charge in [0.25, 0.3) is 0 Å². The number of benzene rings is 3. The molecular weight excluding hydrogens is 296 g/mol. The highest BCUT2D eigenvalue weighted by Crippen LogP contribution is 2.40. The predicted octanol–water partition coefficient (Wildman–Crippen LogP) is 4.63. The van der Waals surface area contributed by atoms with Gasteiger partial charge in [0.1, 0.15) is 11.5 Å². The summed E-state index contributed by atoms with van der Waals surface area (Å²) < 4.78 is 10.7. The molecule has 1 aliphatic heterocycles. The lowest BCUT2D eigenvalue weighted by Crippen LogP contribution is -2.32. The van der Waals surface area contributed by atoms with Gasteiger partial charge in [-0.3, -0.25) is 0 Å². The summed E-state index contributed by atoms with van der Waals surface area (Å²) in [5.41, 5.74) is 3.32. The summed E-state index contributed by atoms with van der Waals surface area (Å²) in [6.45, 7) is 5.40. The topological polar surface area (TPSA) is 18.0 Å². The molecule has 0 unspecified atom stereocenters. The van der Waals surface area contributed by atoms with Crippen molar-refractivity contribution in [3.8, 4) is 17.2 Å². The fourth-order valence-corrected chi connectivity index (χ4v) is 3.56. The fourth-order valence-electron chi connectivity index (χ4n) is 3.56. The number of aromatic nitrogens is 2. The van der Waals surface area contributed by atoms with E-state index < -0.39 is 0 Å². The Labute approximate surface area is 140 Å². The van der Waals surface area contributed by atoms with Crippen molar-refractivity contribution in [1.29, 1.82) is 0 Å². The van der Waals surface area contributed by atoms with E-state index in [2.05, 4.69) is 77.8 Å². The molecule has 118 valence electrons. The summed E-state index contributed by atoms with van der Waals surface area (Å²) in [6, 6.07) is 18.9. The van der Waals surface area contributed by atoms with E-state index in [9.17, 15) is 0 Å². The average Bonchev–Trinajstić information content (AvgIpc) is 2.95. The SMILES string of the molecule is CC(C)Cn1[c-][n+]2c3c(cccc31)Oc1c-2ccc2ccccc12. The van der Waals surface area contributed by atoms with Crippen molar-refractivity contribution in [3.05, 3.63) is 60.9 Å². The second kappa shape index (κ2) is 4.84. The van der Waals surface area contributed by atoms with Gasteiger partial charge in [-0.25, -0.2) is 0 Å². The molecule has 1 aromatic heterocycles. The van der Waals surface area contributed by atoms with Crippen LogP contribution in [0.4, 0.5) is 0 Å².